The summed E-state index contributed by atoms with van der Waals surface area (Å²) in [6, 6.07) is 6.83. The molecule has 6 heteroatoms. The Hall–Kier alpha value is -1.24. The van der Waals surface area contributed by atoms with E-state index in [4.69, 9.17) is 4.98 Å². The van der Waals surface area contributed by atoms with Gasteiger partial charge in [0, 0.05) is 36.2 Å². The summed E-state index contributed by atoms with van der Waals surface area (Å²) in [7, 11) is 0. The molecular weight excluding hydrogens is 392 g/mol. The quantitative estimate of drug-likeness (QED) is 0.800. The Kier molecular flexibility index (Phi) is 6.15. The van der Waals surface area contributed by atoms with Gasteiger partial charge in [0.1, 0.15) is 5.82 Å². The summed E-state index contributed by atoms with van der Waals surface area (Å²) >= 11 is 3.47. The number of nitrogens with one attached hydrogen (secondary N) is 1. The molecule has 2 aromatic rings. The number of fused-ring (bicyclic) bond motifs is 1. The van der Waals surface area contributed by atoms with Gasteiger partial charge in [-0.15, -0.1) is 0 Å². The Morgan fingerprint density at radius 2 is 1.96 bits per heavy atom. The topological polar surface area (TPSA) is 50.2 Å². The molecule has 0 radical (unpaired) electrons. The zero-order valence-corrected chi connectivity index (χ0v) is 17.7. The second-order valence-corrected chi connectivity index (χ2v) is 8.32. The number of benzene rings is 1. The fraction of sp³-hybridized carbons (Fsp3) is 0.600. The van der Waals surface area contributed by atoms with Gasteiger partial charge >= 0.3 is 0 Å². The monoisotopic (exact) mass is 420 g/mol. The van der Waals surface area contributed by atoms with E-state index < -0.39 is 0 Å². The molecule has 1 aliphatic rings. The zero-order valence-electron chi connectivity index (χ0n) is 16.1. The standard InChI is InChI=1S/C20H29BrN4O/c1-5-7-18(24-11-13(3)22-14(4)12-24)19-23-17-9-8-15(21)10-16(17)20(26)25(19)6-2/h8-10,13-14,18,22H,5-7,11-12H2,1-4H3/t13-,14+,18?. The molecule has 1 aromatic carbocycles. The second-order valence-electron chi connectivity index (χ2n) is 7.41. The van der Waals surface area contributed by atoms with Gasteiger partial charge in [-0.25, -0.2) is 4.98 Å². The smallest absolute Gasteiger partial charge is 0.261 e. The molecule has 1 aromatic heterocycles. The Morgan fingerprint density at radius 1 is 1.27 bits per heavy atom. The summed E-state index contributed by atoms with van der Waals surface area (Å²) in [5.74, 6) is 0.912. The van der Waals surface area contributed by atoms with Gasteiger partial charge in [0.15, 0.2) is 0 Å². The summed E-state index contributed by atoms with van der Waals surface area (Å²) in [6.45, 7) is 11.3. The van der Waals surface area contributed by atoms with Crippen molar-refractivity contribution >= 4 is 26.8 Å². The molecule has 1 aliphatic heterocycles. The molecule has 0 bridgehead atoms. The molecule has 3 rings (SSSR count). The van der Waals surface area contributed by atoms with Crippen LogP contribution in [-0.2, 0) is 6.54 Å². The highest BCUT2D eigenvalue weighted by Crippen LogP contribution is 2.27. The first-order chi connectivity index (χ1) is 12.4. The van der Waals surface area contributed by atoms with Crippen molar-refractivity contribution in [2.24, 2.45) is 0 Å². The van der Waals surface area contributed by atoms with E-state index >= 15 is 0 Å². The van der Waals surface area contributed by atoms with Crippen molar-refractivity contribution in [1.82, 2.24) is 19.8 Å². The summed E-state index contributed by atoms with van der Waals surface area (Å²) < 4.78 is 2.78. The minimum absolute atomic E-state index is 0.0612. The van der Waals surface area contributed by atoms with E-state index in [0.29, 0.717) is 24.0 Å². The molecule has 1 fully saturated rings. The van der Waals surface area contributed by atoms with Crippen molar-refractivity contribution in [3.63, 3.8) is 0 Å². The maximum absolute atomic E-state index is 13.1. The molecule has 26 heavy (non-hydrogen) atoms. The SMILES string of the molecule is CCCC(c1nc2ccc(Br)cc2c(=O)n1CC)N1C[C@@H](C)N[C@@H](C)C1. The van der Waals surface area contributed by atoms with E-state index in [1.54, 1.807) is 0 Å². The van der Waals surface area contributed by atoms with Gasteiger partial charge < -0.3 is 5.32 Å². The lowest BCUT2D eigenvalue weighted by Crippen LogP contribution is -2.55. The minimum Gasteiger partial charge on any atom is -0.309 e. The average molecular weight is 421 g/mol. The highest BCUT2D eigenvalue weighted by molar-refractivity contribution is 9.10. The number of rotatable bonds is 5. The number of aromatic nitrogens is 2. The van der Waals surface area contributed by atoms with Gasteiger partial charge in [0.2, 0.25) is 0 Å². The molecule has 1 unspecified atom stereocenters. The third-order valence-corrected chi connectivity index (χ3v) is 5.64. The first-order valence-corrected chi connectivity index (χ1v) is 10.4. The largest absolute Gasteiger partial charge is 0.309 e. The van der Waals surface area contributed by atoms with Gasteiger partial charge in [-0.05, 0) is 45.4 Å². The summed E-state index contributed by atoms with van der Waals surface area (Å²) in [6.07, 6.45) is 2.07. The van der Waals surface area contributed by atoms with Crippen LogP contribution in [0.25, 0.3) is 10.9 Å². The third kappa shape index (κ3) is 3.87. The number of hydrogen-bond acceptors (Lipinski definition) is 4. The van der Waals surface area contributed by atoms with Gasteiger partial charge in [0.05, 0.1) is 16.9 Å². The van der Waals surface area contributed by atoms with E-state index in [2.05, 4.69) is 46.9 Å². The maximum Gasteiger partial charge on any atom is 0.261 e. The molecule has 0 spiro atoms. The Morgan fingerprint density at radius 3 is 2.58 bits per heavy atom. The summed E-state index contributed by atoms with van der Waals surface area (Å²) in [5, 5.41) is 4.28. The van der Waals surface area contributed by atoms with Crippen molar-refractivity contribution in [2.45, 2.75) is 65.2 Å². The number of piperazine rings is 1. The van der Waals surface area contributed by atoms with Crippen LogP contribution in [0.2, 0.25) is 0 Å². The van der Waals surface area contributed by atoms with Crippen LogP contribution in [-0.4, -0.2) is 39.6 Å². The molecular formula is C20H29BrN4O. The van der Waals surface area contributed by atoms with Crippen LogP contribution in [0.15, 0.2) is 27.5 Å². The molecule has 1 N–H and O–H groups in total. The maximum atomic E-state index is 13.1. The van der Waals surface area contributed by atoms with Crippen LogP contribution < -0.4 is 10.9 Å². The fourth-order valence-corrected chi connectivity index (χ4v) is 4.50. The van der Waals surface area contributed by atoms with Crippen LogP contribution in [0.3, 0.4) is 0 Å². The Labute approximate surface area is 163 Å². The van der Waals surface area contributed by atoms with Crippen LogP contribution in [0.5, 0.6) is 0 Å². The lowest BCUT2D eigenvalue weighted by atomic mass is 10.0. The van der Waals surface area contributed by atoms with Gasteiger partial charge in [-0.1, -0.05) is 29.3 Å². The molecule has 142 valence electrons. The number of nitrogens with zero attached hydrogens (tertiary/aromatic N) is 3. The fourth-order valence-electron chi connectivity index (χ4n) is 4.14. The van der Waals surface area contributed by atoms with Crippen LogP contribution in [0.1, 0.15) is 52.4 Å². The van der Waals surface area contributed by atoms with Crippen molar-refractivity contribution in [1.29, 1.82) is 0 Å². The van der Waals surface area contributed by atoms with E-state index in [9.17, 15) is 4.79 Å². The van der Waals surface area contributed by atoms with Crippen molar-refractivity contribution < 1.29 is 0 Å². The van der Waals surface area contributed by atoms with E-state index in [1.165, 1.54) is 0 Å². The summed E-state index contributed by atoms with van der Waals surface area (Å²) in [4.78, 5) is 20.6. The van der Waals surface area contributed by atoms with Crippen molar-refractivity contribution in [2.75, 3.05) is 13.1 Å². The van der Waals surface area contributed by atoms with E-state index in [0.717, 1.165) is 41.7 Å². The molecule has 0 aliphatic carbocycles. The number of halogens is 1. The van der Waals surface area contributed by atoms with Gasteiger partial charge in [0.25, 0.3) is 5.56 Å². The average Bonchev–Trinajstić information content (AvgIpc) is 2.59. The zero-order chi connectivity index (χ0) is 18.8. The predicted octanol–water partition coefficient (Wildman–Crippen LogP) is 3.70. The summed E-state index contributed by atoms with van der Waals surface area (Å²) in [5.41, 5.74) is 0.848. The number of hydrogen-bond donors (Lipinski definition) is 1. The molecule has 0 saturated carbocycles. The Balaban J connectivity index is 2.13. The van der Waals surface area contributed by atoms with Gasteiger partial charge in [-0.3, -0.25) is 14.3 Å². The van der Waals surface area contributed by atoms with Crippen molar-refractivity contribution in [3.05, 3.63) is 38.9 Å². The Bertz CT molecular complexity index is 824. The normalized spacial score (nSPS) is 22.7. The molecule has 1 saturated heterocycles. The van der Waals surface area contributed by atoms with Crippen LogP contribution >= 0.6 is 15.9 Å². The van der Waals surface area contributed by atoms with Crippen LogP contribution in [0.4, 0.5) is 0 Å². The predicted molar refractivity (Wildman–Crippen MR) is 111 cm³/mol. The lowest BCUT2D eigenvalue weighted by molar-refractivity contribution is 0.109. The lowest BCUT2D eigenvalue weighted by Gasteiger charge is -2.41. The van der Waals surface area contributed by atoms with Gasteiger partial charge in [-0.2, -0.15) is 0 Å². The van der Waals surface area contributed by atoms with E-state index in [1.807, 2.05) is 29.7 Å². The first kappa shape index (κ1) is 19.5. The molecule has 5 nitrogen and oxygen atoms in total. The van der Waals surface area contributed by atoms with Crippen LogP contribution in [0, 0.1) is 0 Å². The minimum atomic E-state index is 0.0612. The highest BCUT2D eigenvalue weighted by atomic mass is 79.9. The first-order valence-electron chi connectivity index (χ1n) is 9.64. The third-order valence-electron chi connectivity index (χ3n) is 5.15. The van der Waals surface area contributed by atoms with Crippen molar-refractivity contribution in [3.8, 4) is 0 Å². The molecule has 0 amide bonds. The molecule has 2 heterocycles. The van der Waals surface area contributed by atoms with E-state index in [-0.39, 0.29) is 11.6 Å². The second kappa shape index (κ2) is 8.19. The highest BCUT2D eigenvalue weighted by Gasteiger charge is 2.30. The molecule has 3 atom stereocenters.